The van der Waals surface area contributed by atoms with E-state index in [0.29, 0.717) is 48.5 Å². The zero-order chi connectivity index (χ0) is 19.0. The number of ether oxygens (including phenoxy) is 2. The van der Waals surface area contributed by atoms with Gasteiger partial charge < -0.3 is 14.0 Å². The first-order chi connectivity index (χ1) is 13.0. The molecule has 0 atom stereocenters. The Labute approximate surface area is 165 Å². The predicted octanol–water partition coefficient (Wildman–Crippen LogP) is 3.37. The second kappa shape index (κ2) is 8.10. The van der Waals surface area contributed by atoms with Crippen LogP contribution in [-0.4, -0.2) is 59.4 Å². The molecule has 0 amide bonds. The highest BCUT2D eigenvalue weighted by Crippen LogP contribution is 2.38. The first-order valence-electron chi connectivity index (χ1n) is 8.67. The first-order valence-corrected chi connectivity index (χ1v) is 8.67. The minimum atomic E-state index is -4.54. The molecule has 4 heterocycles. The SMILES string of the molecule is COc1cc2c(cn1)c1ccnc(C(F)(F)F)c1n2CCN1CCOCC1.Cl. The van der Waals surface area contributed by atoms with Gasteiger partial charge in [0.15, 0.2) is 5.69 Å². The molecule has 0 radical (unpaired) electrons. The molecular formula is C18H20ClF3N4O2. The van der Waals surface area contributed by atoms with E-state index in [4.69, 9.17) is 9.47 Å². The summed E-state index contributed by atoms with van der Waals surface area (Å²) in [4.78, 5) is 9.99. The summed E-state index contributed by atoms with van der Waals surface area (Å²) < 4.78 is 53.1. The molecule has 3 aromatic rings. The van der Waals surface area contributed by atoms with Crippen molar-refractivity contribution < 1.29 is 22.6 Å². The number of hydrogen-bond acceptors (Lipinski definition) is 5. The second-order valence-corrected chi connectivity index (χ2v) is 6.40. The largest absolute Gasteiger partial charge is 0.481 e. The number of hydrogen-bond donors (Lipinski definition) is 0. The second-order valence-electron chi connectivity index (χ2n) is 6.40. The van der Waals surface area contributed by atoms with Crippen LogP contribution < -0.4 is 4.74 Å². The van der Waals surface area contributed by atoms with E-state index in [1.807, 2.05) is 0 Å². The van der Waals surface area contributed by atoms with Crippen molar-refractivity contribution in [3.05, 3.63) is 30.2 Å². The van der Waals surface area contributed by atoms with Gasteiger partial charge in [0, 0.05) is 55.4 Å². The van der Waals surface area contributed by atoms with Crippen molar-refractivity contribution in [2.45, 2.75) is 12.7 Å². The molecule has 0 bridgehead atoms. The van der Waals surface area contributed by atoms with E-state index in [2.05, 4.69) is 14.9 Å². The van der Waals surface area contributed by atoms with Crippen LogP contribution in [-0.2, 0) is 17.5 Å². The number of nitrogens with zero attached hydrogens (tertiary/aromatic N) is 4. The Hall–Kier alpha value is -2.10. The molecular weight excluding hydrogens is 397 g/mol. The molecule has 1 fully saturated rings. The van der Waals surface area contributed by atoms with E-state index in [-0.39, 0.29) is 17.9 Å². The van der Waals surface area contributed by atoms with Gasteiger partial charge in [-0.15, -0.1) is 12.4 Å². The summed E-state index contributed by atoms with van der Waals surface area (Å²) in [5, 5.41) is 1.14. The standard InChI is InChI=1S/C18H19F3N4O2.ClH/c1-26-15-10-14-13(11-23-15)12-2-3-22-17(18(19,20)21)16(12)25(14)5-4-24-6-8-27-9-7-24;/h2-3,10-11H,4-9H2,1H3;1H. The molecule has 4 rings (SSSR count). The third-order valence-corrected chi connectivity index (χ3v) is 4.85. The van der Waals surface area contributed by atoms with E-state index < -0.39 is 11.9 Å². The average Bonchev–Trinajstić information content (AvgIpc) is 2.99. The van der Waals surface area contributed by atoms with Crippen LogP contribution in [0.15, 0.2) is 24.5 Å². The van der Waals surface area contributed by atoms with E-state index >= 15 is 0 Å². The van der Waals surface area contributed by atoms with Gasteiger partial charge in [-0.1, -0.05) is 0 Å². The van der Waals surface area contributed by atoms with Crippen LogP contribution in [0.25, 0.3) is 21.8 Å². The molecule has 1 aliphatic heterocycles. The van der Waals surface area contributed by atoms with Gasteiger partial charge in [0.2, 0.25) is 5.88 Å². The van der Waals surface area contributed by atoms with Gasteiger partial charge in [-0.3, -0.25) is 4.90 Å². The summed E-state index contributed by atoms with van der Waals surface area (Å²) in [6, 6.07) is 3.28. The fraction of sp³-hybridized carbons (Fsp3) is 0.444. The van der Waals surface area contributed by atoms with Gasteiger partial charge >= 0.3 is 6.18 Å². The van der Waals surface area contributed by atoms with Gasteiger partial charge in [0.25, 0.3) is 0 Å². The van der Waals surface area contributed by atoms with Crippen LogP contribution in [0.1, 0.15) is 5.69 Å². The lowest BCUT2D eigenvalue weighted by Crippen LogP contribution is -2.38. The van der Waals surface area contributed by atoms with Crippen LogP contribution in [0.2, 0.25) is 0 Å². The van der Waals surface area contributed by atoms with Crippen molar-refractivity contribution in [2.24, 2.45) is 0 Å². The number of alkyl halides is 3. The summed E-state index contributed by atoms with van der Waals surface area (Å²) in [5.41, 5.74) is -0.135. The monoisotopic (exact) mass is 416 g/mol. The molecule has 0 aromatic carbocycles. The Morgan fingerprint density at radius 2 is 1.89 bits per heavy atom. The van der Waals surface area contributed by atoms with E-state index in [1.54, 1.807) is 22.9 Å². The molecule has 152 valence electrons. The summed E-state index contributed by atoms with van der Waals surface area (Å²) in [6.07, 6.45) is -1.79. The molecule has 0 unspecified atom stereocenters. The zero-order valence-corrected chi connectivity index (χ0v) is 16.0. The molecule has 1 aliphatic rings. The number of methoxy groups -OCH3 is 1. The highest BCUT2D eigenvalue weighted by Gasteiger charge is 2.36. The summed E-state index contributed by atoms with van der Waals surface area (Å²) in [7, 11) is 1.48. The summed E-state index contributed by atoms with van der Waals surface area (Å²) in [5.74, 6) is 0.361. The fourth-order valence-electron chi connectivity index (χ4n) is 3.54. The lowest BCUT2D eigenvalue weighted by molar-refractivity contribution is -0.140. The Bertz CT molecular complexity index is 971. The molecule has 1 saturated heterocycles. The topological polar surface area (TPSA) is 52.4 Å². The van der Waals surface area contributed by atoms with Crippen molar-refractivity contribution in [1.82, 2.24) is 19.4 Å². The van der Waals surface area contributed by atoms with E-state index in [1.165, 1.54) is 13.3 Å². The Morgan fingerprint density at radius 1 is 1.14 bits per heavy atom. The maximum absolute atomic E-state index is 13.6. The fourth-order valence-corrected chi connectivity index (χ4v) is 3.54. The normalized spacial score (nSPS) is 15.7. The average molecular weight is 417 g/mol. The Kier molecular flexibility index (Phi) is 5.97. The molecule has 0 aliphatic carbocycles. The first kappa shape index (κ1) is 20.6. The van der Waals surface area contributed by atoms with E-state index in [0.717, 1.165) is 13.1 Å². The zero-order valence-electron chi connectivity index (χ0n) is 15.2. The molecule has 0 spiro atoms. The van der Waals surface area contributed by atoms with Crippen LogP contribution in [0, 0.1) is 0 Å². The van der Waals surface area contributed by atoms with Crippen LogP contribution >= 0.6 is 12.4 Å². The molecule has 0 N–H and O–H groups in total. The molecule has 3 aromatic heterocycles. The van der Waals surface area contributed by atoms with Crippen LogP contribution in [0.5, 0.6) is 5.88 Å². The van der Waals surface area contributed by atoms with Crippen LogP contribution in [0.3, 0.4) is 0 Å². The van der Waals surface area contributed by atoms with Gasteiger partial charge in [0.1, 0.15) is 0 Å². The third kappa shape index (κ3) is 3.74. The van der Waals surface area contributed by atoms with Gasteiger partial charge in [-0.05, 0) is 6.07 Å². The van der Waals surface area contributed by atoms with Crippen molar-refractivity contribution in [1.29, 1.82) is 0 Å². The summed E-state index contributed by atoms with van der Waals surface area (Å²) in [6.45, 7) is 3.85. The molecule has 10 heteroatoms. The van der Waals surface area contributed by atoms with Crippen LogP contribution in [0.4, 0.5) is 13.2 Å². The lowest BCUT2D eigenvalue weighted by atomic mass is 10.2. The number of aromatic nitrogens is 3. The van der Waals surface area contributed by atoms with Gasteiger partial charge in [-0.2, -0.15) is 13.2 Å². The third-order valence-electron chi connectivity index (χ3n) is 4.85. The molecule has 6 nitrogen and oxygen atoms in total. The molecule has 0 saturated carbocycles. The number of morpholine rings is 1. The quantitative estimate of drug-likeness (QED) is 0.652. The van der Waals surface area contributed by atoms with Crippen molar-refractivity contribution in [3.8, 4) is 5.88 Å². The van der Waals surface area contributed by atoms with Crippen molar-refractivity contribution in [2.75, 3.05) is 40.0 Å². The minimum absolute atomic E-state index is 0. The van der Waals surface area contributed by atoms with Crippen molar-refractivity contribution >= 4 is 34.2 Å². The highest BCUT2D eigenvalue weighted by atomic mass is 35.5. The van der Waals surface area contributed by atoms with Gasteiger partial charge in [0.05, 0.1) is 31.4 Å². The lowest BCUT2D eigenvalue weighted by Gasteiger charge is -2.27. The number of fused-ring (bicyclic) bond motifs is 3. The number of halogens is 4. The van der Waals surface area contributed by atoms with E-state index in [9.17, 15) is 13.2 Å². The maximum Gasteiger partial charge on any atom is 0.435 e. The Morgan fingerprint density at radius 3 is 2.57 bits per heavy atom. The van der Waals surface area contributed by atoms with Crippen molar-refractivity contribution in [3.63, 3.8) is 0 Å². The predicted molar refractivity (Wildman–Crippen MR) is 101 cm³/mol. The number of pyridine rings is 2. The smallest absolute Gasteiger partial charge is 0.435 e. The highest BCUT2D eigenvalue weighted by molar-refractivity contribution is 6.08. The summed E-state index contributed by atoms with van der Waals surface area (Å²) >= 11 is 0. The van der Waals surface area contributed by atoms with Gasteiger partial charge in [-0.25, -0.2) is 9.97 Å². The molecule has 28 heavy (non-hydrogen) atoms. The number of rotatable bonds is 4. The minimum Gasteiger partial charge on any atom is -0.481 e. The maximum atomic E-state index is 13.6. The Balaban J connectivity index is 0.00000225.